The molecule has 9 heavy (non-hydrogen) atoms. The number of aliphatic hydroxyl groups is 1. The van der Waals surface area contributed by atoms with Gasteiger partial charge in [0.05, 0.1) is 6.61 Å². The van der Waals surface area contributed by atoms with Gasteiger partial charge >= 0.3 is 0 Å². The van der Waals surface area contributed by atoms with E-state index in [1.807, 2.05) is 11.8 Å². The highest BCUT2D eigenvalue weighted by atomic mass is 32.2. The molecule has 0 bridgehead atoms. The van der Waals surface area contributed by atoms with Crippen LogP contribution in [0.2, 0.25) is 0 Å². The van der Waals surface area contributed by atoms with E-state index in [9.17, 15) is 0 Å². The van der Waals surface area contributed by atoms with Crippen molar-refractivity contribution in [2.75, 3.05) is 12.4 Å². The standard InChI is InChI=1S/C7H12OS/c1-7(2)3-6(4-8)5-9-7/h3,8H,4-5H2,1-2H3. The zero-order valence-electron chi connectivity index (χ0n) is 5.85. The molecule has 0 unspecified atom stereocenters. The van der Waals surface area contributed by atoms with Gasteiger partial charge in [-0.1, -0.05) is 6.08 Å². The number of thioether (sulfide) groups is 1. The van der Waals surface area contributed by atoms with Gasteiger partial charge in [0.25, 0.3) is 0 Å². The molecule has 0 radical (unpaired) electrons. The minimum atomic E-state index is 0.233. The minimum Gasteiger partial charge on any atom is -0.392 e. The van der Waals surface area contributed by atoms with Crippen LogP contribution in [0.3, 0.4) is 0 Å². The number of hydrogen-bond donors (Lipinski definition) is 1. The van der Waals surface area contributed by atoms with E-state index in [1.165, 1.54) is 5.57 Å². The van der Waals surface area contributed by atoms with E-state index in [-0.39, 0.29) is 11.4 Å². The van der Waals surface area contributed by atoms with Gasteiger partial charge in [0, 0.05) is 10.5 Å². The van der Waals surface area contributed by atoms with Gasteiger partial charge in [-0.15, -0.1) is 11.8 Å². The van der Waals surface area contributed by atoms with Crippen LogP contribution in [0.25, 0.3) is 0 Å². The van der Waals surface area contributed by atoms with Gasteiger partial charge in [-0.05, 0) is 19.4 Å². The highest BCUT2D eigenvalue weighted by Gasteiger charge is 2.22. The second-order valence-corrected chi connectivity index (χ2v) is 4.48. The van der Waals surface area contributed by atoms with E-state index in [4.69, 9.17) is 5.11 Å². The maximum Gasteiger partial charge on any atom is 0.0650 e. The molecule has 1 aliphatic heterocycles. The Bertz CT molecular complexity index is 138. The fourth-order valence-electron chi connectivity index (χ4n) is 0.945. The molecule has 0 saturated heterocycles. The lowest BCUT2D eigenvalue weighted by atomic mass is 10.1. The Morgan fingerprint density at radius 3 is 2.67 bits per heavy atom. The van der Waals surface area contributed by atoms with Crippen LogP contribution in [0.15, 0.2) is 11.6 Å². The third kappa shape index (κ3) is 1.73. The first kappa shape index (κ1) is 7.16. The quantitative estimate of drug-likeness (QED) is 0.562. The Kier molecular flexibility index (Phi) is 1.87. The van der Waals surface area contributed by atoms with Crippen molar-refractivity contribution < 1.29 is 5.11 Å². The molecule has 0 amide bonds. The van der Waals surface area contributed by atoms with Crippen molar-refractivity contribution in [3.8, 4) is 0 Å². The van der Waals surface area contributed by atoms with Gasteiger partial charge in [-0.25, -0.2) is 0 Å². The van der Waals surface area contributed by atoms with Gasteiger partial charge in [0.1, 0.15) is 0 Å². The Morgan fingerprint density at radius 2 is 2.44 bits per heavy atom. The molecule has 0 spiro atoms. The summed E-state index contributed by atoms with van der Waals surface area (Å²) in [6, 6.07) is 0. The molecule has 1 N–H and O–H groups in total. The average molecular weight is 144 g/mol. The Balaban J connectivity index is 2.61. The zero-order chi connectivity index (χ0) is 6.91. The van der Waals surface area contributed by atoms with Crippen LogP contribution in [0.5, 0.6) is 0 Å². The summed E-state index contributed by atoms with van der Waals surface area (Å²) in [7, 11) is 0. The minimum absolute atomic E-state index is 0.233. The molecule has 1 nitrogen and oxygen atoms in total. The average Bonchev–Trinajstić information content (AvgIpc) is 2.10. The predicted molar refractivity (Wildman–Crippen MR) is 41.7 cm³/mol. The maximum absolute atomic E-state index is 8.72. The largest absolute Gasteiger partial charge is 0.392 e. The molecule has 0 aromatic carbocycles. The smallest absolute Gasteiger partial charge is 0.0650 e. The summed E-state index contributed by atoms with van der Waals surface area (Å²) >= 11 is 1.88. The van der Waals surface area contributed by atoms with Crippen molar-refractivity contribution in [2.45, 2.75) is 18.6 Å². The van der Waals surface area contributed by atoms with Crippen molar-refractivity contribution in [3.05, 3.63) is 11.6 Å². The second-order valence-electron chi connectivity index (χ2n) is 2.85. The summed E-state index contributed by atoms with van der Waals surface area (Å²) < 4.78 is 0.262. The van der Waals surface area contributed by atoms with Crippen molar-refractivity contribution >= 4 is 11.8 Å². The molecule has 0 saturated carbocycles. The van der Waals surface area contributed by atoms with Crippen molar-refractivity contribution in [1.29, 1.82) is 0 Å². The van der Waals surface area contributed by atoms with Gasteiger partial charge < -0.3 is 5.11 Å². The molecular weight excluding hydrogens is 132 g/mol. The van der Waals surface area contributed by atoms with Crippen LogP contribution < -0.4 is 0 Å². The van der Waals surface area contributed by atoms with E-state index < -0.39 is 0 Å². The SMILES string of the molecule is CC1(C)C=C(CO)CS1. The first-order valence-corrected chi connectivity index (χ1v) is 4.08. The number of rotatable bonds is 1. The molecule has 0 atom stereocenters. The molecule has 0 aliphatic carbocycles. The summed E-state index contributed by atoms with van der Waals surface area (Å²) in [5.74, 6) is 1.00. The normalized spacial score (nSPS) is 24.1. The van der Waals surface area contributed by atoms with E-state index in [2.05, 4.69) is 19.9 Å². The van der Waals surface area contributed by atoms with Crippen LogP contribution in [0.1, 0.15) is 13.8 Å². The molecule has 2 heteroatoms. The Labute approximate surface area is 60.2 Å². The fraction of sp³-hybridized carbons (Fsp3) is 0.714. The van der Waals surface area contributed by atoms with Crippen molar-refractivity contribution in [2.24, 2.45) is 0 Å². The number of aliphatic hydroxyl groups excluding tert-OH is 1. The van der Waals surface area contributed by atoms with Gasteiger partial charge in [0.15, 0.2) is 0 Å². The van der Waals surface area contributed by atoms with Crippen LogP contribution in [-0.2, 0) is 0 Å². The fourth-order valence-corrected chi connectivity index (χ4v) is 1.93. The van der Waals surface area contributed by atoms with Crippen LogP contribution in [0.4, 0.5) is 0 Å². The third-order valence-electron chi connectivity index (χ3n) is 1.38. The molecule has 52 valence electrons. The lowest BCUT2D eigenvalue weighted by Crippen LogP contribution is -2.05. The highest BCUT2D eigenvalue weighted by Crippen LogP contribution is 2.34. The van der Waals surface area contributed by atoms with Crippen molar-refractivity contribution in [1.82, 2.24) is 0 Å². The molecule has 1 heterocycles. The third-order valence-corrected chi connectivity index (χ3v) is 2.76. The second kappa shape index (κ2) is 2.35. The van der Waals surface area contributed by atoms with Crippen LogP contribution in [0, 0.1) is 0 Å². The Hall–Kier alpha value is 0.0500. The zero-order valence-corrected chi connectivity index (χ0v) is 6.66. The lowest BCUT2D eigenvalue weighted by molar-refractivity contribution is 0.332. The topological polar surface area (TPSA) is 20.2 Å². The maximum atomic E-state index is 8.72. The molecule has 1 aliphatic rings. The summed E-state index contributed by atoms with van der Waals surface area (Å²) in [5.41, 5.74) is 1.17. The van der Waals surface area contributed by atoms with E-state index in [1.54, 1.807) is 0 Å². The molecule has 1 rings (SSSR count). The van der Waals surface area contributed by atoms with E-state index in [0.717, 1.165) is 5.75 Å². The van der Waals surface area contributed by atoms with Crippen LogP contribution >= 0.6 is 11.8 Å². The molecule has 0 aromatic heterocycles. The van der Waals surface area contributed by atoms with Crippen LogP contribution in [-0.4, -0.2) is 22.2 Å². The van der Waals surface area contributed by atoms with E-state index in [0.29, 0.717) is 0 Å². The summed E-state index contributed by atoms with van der Waals surface area (Å²) in [5, 5.41) is 8.72. The van der Waals surface area contributed by atoms with Gasteiger partial charge in [-0.3, -0.25) is 0 Å². The molecule has 0 fully saturated rings. The van der Waals surface area contributed by atoms with Gasteiger partial charge in [-0.2, -0.15) is 0 Å². The van der Waals surface area contributed by atoms with E-state index >= 15 is 0 Å². The van der Waals surface area contributed by atoms with Gasteiger partial charge in [0.2, 0.25) is 0 Å². The lowest BCUT2D eigenvalue weighted by Gasteiger charge is -2.10. The Morgan fingerprint density at radius 1 is 1.78 bits per heavy atom. The first-order valence-electron chi connectivity index (χ1n) is 3.09. The molecular formula is C7H12OS. The summed E-state index contributed by atoms with van der Waals surface area (Å²) in [6.45, 7) is 4.57. The predicted octanol–water partition coefficient (Wildman–Crippen LogP) is 1.43. The first-order chi connectivity index (χ1) is 4.14. The monoisotopic (exact) mass is 144 g/mol. The molecule has 0 aromatic rings. The summed E-state index contributed by atoms with van der Waals surface area (Å²) in [6.07, 6.45) is 2.15. The summed E-state index contributed by atoms with van der Waals surface area (Å²) in [4.78, 5) is 0. The highest BCUT2D eigenvalue weighted by molar-refractivity contribution is 8.01. The van der Waals surface area contributed by atoms with Crippen molar-refractivity contribution in [3.63, 3.8) is 0 Å². The number of hydrogen-bond acceptors (Lipinski definition) is 2.